The molecule has 0 bridgehead atoms. The van der Waals surface area contributed by atoms with Crippen molar-refractivity contribution in [1.29, 1.82) is 0 Å². The highest BCUT2D eigenvalue weighted by Gasteiger charge is 2.24. The Kier molecular flexibility index (Phi) is 40.2. The highest BCUT2D eigenvalue weighted by Crippen LogP contribution is 2.17. The number of hydrogen-bond acceptors (Lipinski definition) is 5. The van der Waals surface area contributed by atoms with E-state index < -0.39 is 18.2 Å². The fraction of sp³-hybridized carbons (Fsp3) is 0.872. The van der Waals surface area contributed by atoms with Crippen LogP contribution in [0.25, 0.3) is 0 Å². The average molecular weight is 748 g/mol. The van der Waals surface area contributed by atoms with Gasteiger partial charge >= 0.3 is 5.97 Å². The number of allylic oxidation sites excluding steroid dienone is 4. The highest BCUT2D eigenvalue weighted by atomic mass is 16.5. The molecule has 0 saturated heterocycles. The number of nitrogens with one attached hydrogen (secondary N) is 1. The number of ether oxygens (including phenoxy) is 1. The molecule has 6 heteroatoms. The summed E-state index contributed by atoms with van der Waals surface area (Å²) in [6, 6.07) is -0.701. The number of esters is 1. The van der Waals surface area contributed by atoms with Crippen LogP contribution < -0.4 is 5.32 Å². The number of rotatable bonds is 41. The molecule has 0 spiro atoms. The molecule has 6 nitrogen and oxygen atoms in total. The van der Waals surface area contributed by atoms with E-state index in [1.807, 2.05) is 0 Å². The normalized spacial score (nSPS) is 13.5. The molecular formula is C47H89NO5. The number of aliphatic hydroxyl groups excluding tert-OH is 2. The van der Waals surface area contributed by atoms with Gasteiger partial charge in [0.05, 0.1) is 25.2 Å². The van der Waals surface area contributed by atoms with Crippen LogP contribution >= 0.6 is 0 Å². The molecule has 0 aliphatic carbocycles. The van der Waals surface area contributed by atoms with Gasteiger partial charge in [0, 0.05) is 6.42 Å². The Morgan fingerprint density at radius 3 is 1.43 bits per heavy atom. The van der Waals surface area contributed by atoms with Crippen LogP contribution in [-0.2, 0) is 14.3 Å². The lowest BCUT2D eigenvalue weighted by Crippen LogP contribution is -2.46. The third kappa shape index (κ3) is 37.1. The predicted molar refractivity (Wildman–Crippen MR) is 227 cm³/mol. The molecular weight excluding hydrogens is 659 g/mol. The maximum Gasteiger partial charge on any atom is 0.306 e. The van der Waals surface area contributed by atoms with Crippen molar-refractivity contribution >= 4 is 11.9 Å². The highest BCUT2D eigenvalue weighted by molar-refractivity contribution is 5.77. The number of unbranched alkanes of at least 4 members (excludes halogenated alkanes) is 26. The van der Waals surface area contributed by atoms with Crippen LogP contribution in [0.3, 0.4) is 0 Å². The minimum Gasteiger partial charge on any atom is -0.462 e. The van der Waals surface area contributed by atoms with E-state index in [1.165, 1.54) is 116 Å². The van der Waals surface area contributed by atoms with Gasteiger partial charge in [-0.15, -0.1) is 0 Å². The van der Waals surface area contributed by atoms with Gasteiger partial charge in [0.15, 0.2) is 0 Å². The largest absolute Gasteiger partial charge is 0.462 e. The summed E-state index contributed by atoms with van der Waals surface area (Å²) in [5.74, 6) is -0.490. The lowest BCUT2D eigenvalue weighted by Gasteiger charge is -2.24. The van der Waals surface area contributed by atoms with E-state index in [-0.39, 0.29) is 24.9 Å². The van der Waals surface area contributed by atoms with Crippen LogP contribution in [-0.4, -0.2) is 46.9 Å². The second-order valence-electron chi connectivity index (χ2n) is 15.8. The molecule has 3 unspecified atom stereocenters. The van der Waals surface area contributed by atoms with Gasteiger partial charge in [-0.3, -0.25) is 9.59 Å². The molecule has 0 radical (unpaired) electrons. The van der Waals surface area contributed by atoms with E-state index in [2.05, 4.69) is 50.4 Å². The van der Waals surface area contributed by atoms with Crippen LogP contribution in [0.2, 0.25) is 0 Å². The van der Waals surface area contributed by atoms with E-state index in [1.54, 1.807) is 0 Å². The van der Waals surface area contributed by atoms with Gasteiger partial charge in [-0.05, 0) is 51.4 Å². The third-order valence-corrected chi connectivity index (χ3v) is 10.6. The summed E-state index contributed by atoms with van der Waals surface area (Å²) in [6.45, 7) is 6.42. The van der Waals surface area contributed by atoms with Crippen LogP contribution in [0.4, 0.5) is 0 Å². The van der Waals surface area contributed by atoms with Gasteiger partial charge in [0.1, 0.15) is 6.10 Å². The molecule has 312 valence electrons. The lowest BCUT2D eigenvalue weighted by atomic mass is 10.0. The average Bonchev–Trinajstić information content (AvgIpc) is 3.15. The first-order valence-corrected chi connectivity index (χ1v) is 23.1. The molecule has 0 aromatic rings. The smallest absolute Gasteiger partial charge is 0.306 e. The molecule has 3 atom stereocenters. The summed E-state index contributed by atoms with van der Waals surface area (Å²) in [4.78, 5) is 25.9. The third-order valence-electron chi connectivity index (χ3n) is 10.6. The van der Waals surface area contributed by atoms with E-state index in [9.17, 15) is 19.8 Å². The maximum atomic E-state index is 13.1. The second-order valence-corrected chi connectivity index (χ2v) is 15.8. The molecule has 0 aliphatic heterocycles. The summed E-state index contributed by atoms with van der Waals surface area (Å²) >= 11 is 0. The van der Waals surface area contributed by atoms with Gasteiger partial charge in [-0.25, -0.2) is 0 Å². The fourth-order valence-electron chi connectivity index (χ4n) is 7.01. The molecule has 0 rings (SSSR count). The van der Waals surface area contributed by atoms with Crippen molar-refractivity contribution in [2.24, 2.45) is 0 Å². The number of aliphatic hydroxyl groups is 2. The Bertz CT molecular complexity index is 843. The molecule has 0 saturated carbocycles. The number of amides is 1. The van der Waals surface area contributed by atoms with Gasteiger partial charge in [0.2, 0.25) is 5.91 Å². The Morgan fingerprint density at radius 2 is 0.943 bits per heavy atom. The Balaban J connectivity index is 4.59. The van der Waals surface area contributed by atoms with Crippen molar-refractivity contribution in [2.45, 2.75) is 257 Å². The van der Waals surface area contributed by atoms with Gasteiger partial charge < -0.3 is 20.3 Å². The van der Waals surface area contributed by atoms with E-state index in [4.69, 9.17) is 4.74 Å². The first-order valence-electron chi connectivity index (χ1n) is 23.1. The maximum absolute atomic E-state index is 13.1. The number of carbonyl (C=O) groups is 2. The zero-order valence-electron chi connectivity index (χ0n) is 35.4. The van der Waals surface area contributed by atoms with Crippen molar-refractivity contribution in [1.82, 2.24) is 5.32 Å². The van der Waals surface area contributed by atoms with Crippen LogP contribution in [0.15, 0.2) is 24.3 Å². The van der Waals surface area contributed by atoms with Crippen LogP contribution in [0, 0.1) is 0 Å². The van der Waals surface area contributed by atoms with E-state index >= 15 is 0 Å². The monoisotopic (exact) mass is 748 g/mol. The van der Waals surface area contributed by atoms with Gasteiger partial charge in [0.25, 0.3) is 0 Å². The summed E-state index contributed by atoms with van der Waals surface area (Å²) in [5.41, 5.74) is 0. The minimum atomic E-state index is -0.787. The molecule has 0 fully saturated rings. The fourth-order valence-corrected chi connectivity index (χ4v) is 7.01. The summed E-state index contributed by atoms with van der Waals surface area (Å²) in [7, 11) is 0. The SMILES string of the molecule is CCCCC/C=C/C=C/CCCCCCC(CC(=O)NC(CO)C(O)CCCCCCCCCCCCCC)OC(=O)CCCCCCCCCCC. The second kappa shape index (κ2) is 41.5. The molecule has 0 aromatic heterocycles. The summed E-state index contributed by atoms with van der Waals surface area (Å²) in [5, 5.41) is 23.6. The zero-order chi connectivity index (χ0) is 38.9. The predicted octanol–water partition coefficient (Wildman–Crippen LogP) is 13.2. The standard InChI is InChI=1S/C47H89NO5/c1-4-7-10-13-16-19-21-23-24-27-29-32-35-38-43(53-47(52)40-37-34-31-26-18-15-12-9-6-3)41-46(51)48-44(42-49)45(50)39-36-33-30-28-25-22-20-17-14-11-8-5-2/h16,19,21,23,43-45,49-50H,4-15,17-18,20,22,24-42H2,1-3H3,(H,48,51)/b19-16+,23-21+. The molecule has 0 aromatic carbocycles. The molecule has 0 heterocycles. The van der Waals surface area contributed by atoms with E-state index in [0.29, 0.717) is 19.3 Å². The Hall–Kier alpha value is -1.66. The van der Waals surface area contributed by atoms with Crippen LogP contribution in [0.5, 0.6) is 0 Å². The molecule has 1 amide bonds. The van der Waals surface area contributed by atoms with Crippen molar-refractivity contribution in [2.75, 3.05) is 6.61 Å². The van der Waals surface area contributed by atoms with Crippen LogP contribution in [0.1, 0.15) is 239 Å². The first-order chi connectivity index (χ1) is 26.0. The number of carbonyl (C=O) groups excluding carboxylic acids is 2. The summed E-state index contributed by atoms with van der Waals surface area (Å²) in [6.07, 6.45) is 45.2. The van der Waals surface area contributed by atoms with Crippen molar-refractivity contribution in [3.8, 4) is 0 Å². The molecule has 3 N–H and O–H groups in total. The Morgan fingerprint density at radius 1 is 0.547 bits per heavy atom. The molecule has 0 aliphatic rings. The first kappa shape index (κ1) is 51.3. The number of hydrogen-bond donors (Lipinski definition) is 3. The minimum absolute atomic E-state index is 0.0681. The van der Waals surface area contributed by atoms with Gasteiger partial charge in [-0.2, -0.15) is 0 Å². The van der Waals surface area contributed by atoms with Crippen molar-refractivity contribution < 1.29 is 24.5 Å². The Labute approximate surface area is 329 Å². The van der Waals surface area contributed by atoms with Crippen molar-refractivity contribution in [3.05, 3.63) is 24.3 Å². The lowest BCUT2D eigenvalue weighted by molar-refractivity contribution is -0.151. The van der Waals surface area contributed by atoms with Gasteiger partial charge in [-0.1, -0.05) is 199 Å². The van der Waals surface area contributed by atoms with E-state index in [0.717, 1.165) is 77.0 Å². The topological polar surface area (TPSA) is 95.9 Å². The molecule has 53 heavy (non-hydrogen) atoms. The van der Waals surface area contributed by atoms with Crippen molar-refractivity contribution in [3.63, 3.8) is 0 Å². The quantitative estimate of drug-likeness (QED) is 0.0329. The summed E-state index contributed by atoms with van der Waals surface area (Å²) < 4.78 is 5.88. The zero-order valence-corrected chi connectivity index (χ0v) is 35.4.